The van der Waals surface area contributed by atoms with Gasteiger partial charge in [0.15, 0.2) is 0 Å². The molecule has 2 aromatic heterocycles. The summed E-state index contributed by atoms with van der Waals surface area (Å²) in [5, 5.41) is 2.09. The van der Waals surface area contributed by atoms with Gasteiger partial charge in [-0.25, -0.2) is 9.97 Å². The molecule has 4 heteroatoms. The molecule has 0 atom stereocenters. The highest BCUT2D eigenvalue weighted by atomic mass is 32.1. The Kier molecular flexibility index (Phi) is 2.65. The summed E-state index contributed by atoms with van der Waals surface area (Å²) in [6.07, 6.45) is 0.943. The highest BCUT2D eigenvalue weighted by molar-refractivity contribution is 7.07. The summed E-state index contributed by atoms with van der Waals surface area (Å²) in [6.45, 7) is 2.95. The second-order valence-corrected chi connectivity index (χ2v) is 4.65. The quantitative estimate of drug-likeness (QED) is 0.707. The van der Waals surface area contributed by atoms with Crippen LogP contribution in [-0.4, -0.2) is 14.5 Å². The molecule has 0 bridgehead atoms. The summed E-state index contributed by atoms with van der Waals surface area (Å²) < 4.78 is 2.25. The monoisotopic (exact) mass is 243 g/mol. The first-order valence-corrected chi connectivity index (χ1v) is 6.64. The number of imidazole rings is 1. The normalized spacial score (nSPS) is 11.1. The second kappa shape index (κ2) is 4.30. The maximum Gasteiger partial charge on any atom is 0.109 e. The second-order valence-electron chi connectivity index (χ2n) is 3.94. The molecule has 86 valence electrons. The number of aromatic nitrogens is 3. The minimum atomic E-state index is 0.813. The Labute approximate surface area is 104 Å². The fourth-order valence-corrected chi connectivity index (χ4v) is 2.60. The van der Waals surface area contributed by atoms with Gasteiger partial charge >= 0.3 is 0 Å². The summed E-state index contributed by atoms with van der Waals surface area (Å²) in [6, 6.07) is 8.27. The first-order chi connectivity index (χ1) is 8.38. The van der Waals surface area contributed by atoms with Crippen molar-refractivity contribution >= 4 is 22.4 Å². The topological polar surface area (TPSA) is 30.7 Å². The van der Waals surface area contributed by atoms with E-state index >= 15 is 0 Å². The van der Waals surface area contributed by atoms with Crippen molar-refractivity contribution in [2.75, 3.05) is 0 Å². The lowest BCUT2D eigenvalue weighted by molar-refractivity contribution is 0.740. The number of aryl methyl sites for hydroxylation is 1. The van der Waals surface area contributed by atoms with E-state index in [1.54, 1.807) is 11.3 Å². The number of hydrogen-bond acceptors (Lipinski definition) is 3. The van der Waals surface area contributed by atoms with Crippen LogP contribution in [0.5, 0.6) is 0 Å². The SMILES string of the molecule is CCc1nc2ccccc2n1Cc1cscn1. The van der Waals surface area contributed by atoms with Gasteiger partial charge in [0, 0.05) is 11.8 Å². The summed E-state index contributed by atoms with van der Waals surface area (Å²) in [5.41, 5.74) is 5.24. The molecular formula is C13H13N3S. The fourth-order valence-electron chi connectivity index (χ4n) is 2.05. The zero-order valence-electron chi connectivity index (χ0n) is 9.63. The largest absolute Gasteiger partial charge is 0.322 e. The van der Waals surface area contributed by atoms with Crippen molar-refractivity contribution in [2.24, 2.45) is 0 Å². The molecule has 0 amide bonds. The van der Waals surface area contributed by atoms with Crippen LogP contribution in [0.1, 0.15) is 18.4 Å². The molecule has 3 rings (SSSR count). The number of fused-ring (bicyclic) bond motifs is 1. The molecule has 17 heavy (non-hydrogen) atoms. The van der Waals surface area contributed by atoms with E-state index in [0.717, 1.165) is 30.0 Å². The average Bonchev–Trinajstić information content (AvgIpc) is 2.98. The summed E-state index contributed by atoms with van der Waals surface area (Å²) in [7, 11) is 0. The number of hydrogen-bond donors (Lipinski definition) is 0. The summed E-state index contributed by atoms with van der Waals surface area (Å²) >= 11 is 1.64. The molecule has 3 aromatic rings. The van der Waals surface area contributed by atoms with Gasteiger partial charge in [-0.3, -0.25) is 0 Å². The lowest BCUT2D eigenvalue weighted by atomic mass is 10.3. The van der Waals surface area contributed by atoms with Crippen LogP contribution in [0.2, 0.25) is 0 Å². The van der Waals surface area contributed by atoms with Gasteiger partial charge in [-0.1, -0.05) is 19.1 Å². The van der Waals surface area contributed by atoms with Crippen LogP contribution in [0.15, 0.2) is 35.2 Å². The maximum absolute atomic E-state index is 4.65. The van der Waals surface area contributed by atoms with Crippen molar-refractivity contribution in [3.8, 4) is 0 Å². The molecule has 0 aliphatic carbocycles. The smallest absolute Gasteiger partial charge is 0.109 e. The van der Waals surface area contributed by atoms with E-state index in [2.05, 4.69) is 45.0 Å². The molecule has 0 fully saturated rings. The Morgan fingerprint density at radius 3 is 2.94 bits per heavy atom. The predicted molar refractivity (Wildman–Crippen MR) is 70.3 cm³/mol. The number of thiazole rings is 1. The first kappa shape index (κ1) is 10.5. The first-order valence-electron chi connectivity index (χ1n) is 5.69. The Morgan fingerprint density at radius 2 is 2.18 bits per heavy atom. The molecule has 0 unspecified atom stereocenters. The van der Waals surface area contributed by atoms with Crippen LogP contribution in [0.4, 0.5) is 0 Å². The van der Waals surface area contributed by atoms with Gasteiger partial charge in [-0.2, -0.15) is 0 Å². The lowest BCUT2D eigenvalue weighted by Crippen LogP contribution is -2.04. The van der Waals surface area contributed by atoms with Crippen LogP contribution in [0.25, 0.3) is 11.0 Å². The molecule has 3 nitrogen and oxygen atoms in total. The maximum atomic E-state index is 4.65. The Hall–Kier alpha value is -1.68. The van der Waals surface area contributed by atoms with Gasteiger partial charge in [0.05, 0.1) is 28.8 Å². The van der Waals surface area contributed by atoms with Gasteiger partial charge in [0.2, 0.25) is 0 Å². The van der Waals surface area contributed by atoms with E-state index in [9.17, 15) is 0 Å². The third-order valence-electron chi connectivity index (χ3n) is 2.85. The Balaban J connectivity index is 2.12. The fraction of sp³-hybridized carbons (Fsp3) is 0.231. The predicted octanol–water partition coefficient (Wildman–Crippen LogP) is 3.10. The molecule has 0 aliphatic heterocycles. The van der Waals surface area contributed by atoms with Crippen molar-refractivity contribution in [2.45, 2.75) is 19.9 Å². The number of para-hydroxylation sites is 2. The van der Waals surface area contributed by atoms with Gasteiger partial charge in [-0.15, -0.1) is 11.3 Å². The minimum absolute atomic E-state index is 0.813. The molecule has 0 radical (unpaired) electrons. The number of rotatable bonds is 3. The highest BCUT2D eigenvalue weighted by Crippen LogP contribution is 2.18. The average molecular weight is 243 g/mol. The molecule has 0 saturated heterocycles. The molecule has 0 saturated carbocycles. The van der Waals surface area contributed by atoms with Crippen LogP contribution in [-0.2, 0) is 13.0 Å². The summed E-state index contributed by atoms with van der Waals surface area (Å²) in [5.74, 6) is 1.12. The van der Waals surface area contributed by atoms with Crippen molar-refractivity contribution in [1.82, 2.24) is 14.5 Å². The van der Waals surface area contributed by atoms with Crippen LogP contribution in [0.3, 0.4) is 0 Å². The van der Waals surface area contributed by atoms with Gasteiger partial charge in [0.25, 0.3) is 0 Å². The van der Waals surface area contributed by atoms with E-state index in [0.29, 0.717) is 0 Å². The molecule has 1 aromatic carbocycles. The van der Waals surface area contributed by atoms with Crippen molar-refractivity contribution < 1.29 is 0 Å². The van der Waals surface area contributed by atoms with E-state index in [-0.39, 0.29) is 0 Å². The third-order valence-corrected chi connectivity index (χ3v) is 3.49. The highest BCUT2D eigenvalue weighted by Gasteiger charge is 2.09. The van der Waals surface area contributed by atoms with E-state index in [4.69, 9.17) is 0 Å². The molecular weight excluding hydrogens is 230 g/mol. The van der Waals surface area contributed by atoms with Crippen molar-refractivity contribution in [3.05, 3.63) is 46.7 Å². The van der Waals surface area contributed by atoms with Gasteiger partial charge < -0.3 is 4.57 Å². The minimum Gasteiger partial charge on any atom is -0.322 e. The zero-order chi connectivity index (χ0) is 11.7. The lowest BCUT2D eigenvalue weighted by Gasteiger charge is -2.05. The third kappa shape index (κ3) is 1.85. The molecule has 0 aliphatic rings. The Bertz CT molecular complexity index is 625. The van der Waals surface area contributed by atoms with Gasteiger partial charge in [-0.05, 0) is 12.1 Å². The Morgan fingerprint density at radius 1 is 1.29 bits per heavy atom. The van der Waals surface area contributed by atoms with Crippen molar-refractivity contribution in [1.29, 1.82) is 0 Å². The molecule has 0 spiro atoms. The van der Waals surface area contributed by atoms with Crippen LogP contribution >= 0.6 is 11.3 Å². The standard InChI is InChI=1S/C13H13N3S/c1-2-13-15-11-5-3-4-6-12(11)16(13)7-10-8-17-9-14-10/h3-6,8-9H,2,7H2,1H3. The summed E-state index contributed by atoms with van der Waals surface area (Å²) in [4.78, 5) is 8.99. The van der Waals surface area contributed by atoms with Crippen LogP contribution in [0, 0.1) is 0 Å². The number of nitrogens with zero attached hydrogens (tertiary/aromatic N) is 3. The number of benzene rings is 1. The van der Waals surface area contributed by atoms with E-state index in [1.807, 2.05) is 11.6 Å². The molecule has 0 N–H and O–H groups in total. The van der Waals surface area contributed by atoms with E-state index < -0.39 is 0 Å². The van der Waals surface area contributed by atoms with Gasteiger partial charge in [0.1, 0.15) is 5.82 Å². The van der Waals surface area contributed by atoms with Crippen LogP contribution < -0.4 is 0 Å². The van der Waals surface area contributed by atoms with E-state index in [1.165, 1.54) is 5.52 Å². The zero-order valence-corrected chi connectivity index (χ0v) is 10.4. The molecule has 2 heterocycles. The van der Waals surface area contributed by atoms with Crippen molar-refractivity contribution in [3.63, 3.8) is 0 Å².